The van der Waals surface area contributed by atoms with Crippen LogP contribution in [0.1, 0.15) is 31.2 Å². The third kappa shape index (κ3) is 5.79. The highest BCUT2D eigenvalue weighted by Gasteiger charge is 2.20. The number of halogens is 2. The second-order valence-corrected chi connectivity index (χ2v) is 10.3. The number of nitrogens with zero attached hydrogens (tertiary/aromatic N) is 4. The molecule has 0 saturated carbocycles. The van der Waals surface area contributed by atoms with Crippen LogP contribution >= 0.6 is 31.9 Å². The van der Waals surface area contributed by atoms with Crippen LogP contribution < -0.4 is 15.0 Å². The minimum Gasteiger partial charge on any atom is -0.493 e. The van der Waals surface area contributed by atoms with Gasteiger partial charge in [-0.05, 0) is 30.3 Å². The highest BCUT2D eigenvalue weighted by atomic mass is 79.9. The molecule has 1 aromatic heterocycles. The molecular weight excluding hydrogens is 596 g/mol. The first-order chi connectivity index (χ1) is 17.3. The molecule has 11 heteroatoms. The van der Waals surface area contributed by atoms with Crippen LogP contribution in [0.15, 0.2) is 49.2 Å². The quantitative estimate of drug-likeness (QED) is 0.368. The van der Waals surface area contributed by atoms with Gasteiger partial charge >= 0.3 is 0 Å². The Bertz CT molecular complexity index is 1370. The number of carbonyl (C=O) groups is 1. The Hall–Kier alpha value is -2.76. The van der Waals surface area contributed by atoms with Crippen molar-refractivity contribution >= 4 is 54.9 Å². The predicted octanol–water partition coefficient (Wildman–Crippen LogP) is 4.17. The van der Waals surface area contributed by atoms with Crippen molar-refractivity contribution in [3.05, 3.63) is 61.0 Å². The summed E-state index contributed by atoms with van der Waals surface area (Å²) in [5, 5.41) is 4.95. The minimum absolute atomic E-state index is 0.0539. The summed E-state index contributed by atoms with van der Waals surface area (Å²) in [6.45, 7) is 5.81. The normalized spacial score (nSPS) is 14.1. The van der Waals surface area contributed by atoms with Crippen molar-refractivity contribution in [2.24, 2.45) is 5.10 Å². The zero-order chi connectivity index (χ0) is 25.8. The molecule has 1 fully saturated rings. The number of hydrogen-bond acceptors (Lipinski definition) is 7. The fourth-order valence-electron chi connectivity index (χ4n) is 3.80. The number of aromatic nitrogens is 2. The molecule has 0 unspecified atom stereocenters. The van der Waals surface area contributed by atoms with Crippen molar-refractivity contribution in [1.82, 2.24) is 14.6 Å². The summed E-state index contributed by atoms with van der Waals surface area (Å²) in [6.07, 6.45) is 1.51. The molecule has 9 nitrogen and oxygen atoms in total. The summed E-state index contributed by atoms with van der Waals surface area (Å²) in [5.41, 5.74) is 0.855. The number of methoxy groups -OCH3 is 1. The second kappa shape index (κ2) is 11.5. The van der Waals surface area contributed by atoms with Gasteiger partial charge in [0.1, 0.15) is 5.82 Å². The van der Waals surface area contributed by atoms with Crippen LogP contribution in [0.5, 0.6) is 11.5 Å². The van der Waals surface area contributed by atoms with Crippen LogP contribution in [-0.2, 0) is 9.53 Å². The van der Waals surface area contributed by atoms with Crippen molar-refractivity contribution in [1.29, 1.82) is 0 Å². The van der Waals surface area contributed by atoms with Gasteiger partial charge in [0.2, 0.25) is 0 Å². The van der Waals surface area contributed by atoms with E-state index in [1.807, 2.05) is 19.9 Å². The zero-order valence-corrected chi connectivity index (χ0v) is 23.3. The summed E-state index contributed by atoms with van der Waals surface area (Å²) in [4.78, 5) is 32.4. The molecular formula is C25H26Br2N4O5. The molecule has 0 aliphatic carbocycles. The SMILES string of the molecule is COc1cc(Br)cc(C=Nn2c(C(C)C)nc3ccc(Br)cc3c2=O)c1OCC(=O)N1CCOCC1. The monoisotopic (exact) mass is 620 g/mol. The van der Waals surface area contributed by atoms with Crippen molar-refractivity contribution in [3.8, 4) is 11.5 Å². The molecule has 0 N–H and O–H groups in total. The van der Waals surface area contributed by atoms with Gasteiger partial charge < -0.3 is 19.1 Å². The Balaban J connectivity index is 1.72. The van der Waals surface area contributed by atoms with Crippen LogP contribution in [0.2, 0.25) is 0 Å². The highest BCUT2D eigenvalue weighted by molar-refractivity contribution is 9.10. The van der Waals surface area contributed by atoms with Gasteiger partial charge in [-0.25, -0.2) is 4.98 Å². The van der Waals surface area contributed by atoms with E-state index in [1.54, 1.807) is 29.2 Å². The van der Waals surface area contributed by atoms with Crippen LogP contribution in [0.3, 0.4) is 0 Å². The fourth-order valence-corrected chi connectivity index (χ4v) is 4.62. The van der Waals surface area contributed by atoms with E-state index in [9.17, 15) is 9.59 Å². The molecule has 1 aliphatic heterocycles. The summed E-state index contributed by atoms with van der Waals surface area (Å²) >= 11 is 6.89. The number of rotatable bonds is 7. The molecule has 0 radical (unpaired) electrons. The maximum atomic E-state index is 13.4. The van der Waals surface area contributed by atoms with E-state index in [-0.39, 0.29) is 24.0 Å². The van der Waals surface area contributed by atoms with Crippen molar-refractivity contribution in [2.45, 2.75) is 19.8 Å². The third-order valence-corrected chi connectivity index (χ3v) is 6.59. The zero-order valence-electron chi connectivity index (χ0n) is 20.2. The molecule has 4 rings (SSSR count). The number of amides is 1. The molecule has 2 heterocycles. The average molecular weight is 622 g/mol. The Morgan fingerprint density at radius 2 is 1.94 bits per heavy atom. The first-order valence-electron chi connectivity index (χ1n) is 11.4. The summed E-state index contributed by atoms with van der Waals surface area (Å²) in [6, 6.07) is 8.91. The number of morpholine rings is 1. The highest BCUT2D eigenvalue weighted by Crippen LogP contribution is 2.34. The Labute approximate surface area is 225 Å². The first-order valence-corrected chi connectivity index (χ1v) is 13.0. The van der Waals surface area contributed by atoms with Gasteiger partial charge in [0.25, 0.3) is 11.5 Å². The standard InChI is InChI=1S/C25H26Br2N4O5/c1-15(2)24-29-20-5-4-17(26)11-19(20)25(33)31(24)28-13-16-10-18(27)12-21(34-3)23(16)36-14-22(32)30-6-8-35-9-7-30/h4-5,10-13,15H,6-9,14H2,1-3H3. The lowest BCUT2D eigenvalue weighted by Gasteiger charge is -2.27. The molecule has 0 spiro atoms. The van der Waals surface area contributed by atoms with Crippen molar-refractivity contribution in [3.63, 3.8) is 0 Å². The van der Waals surface area contributed by atoms with Gasteiger partial charge in [0.05, 0.1) is 37.4 Å². The van der Waals surface area contributed by atoms with E-state index >= 15 is 0 Å². The maximum absolute atomic E-state index is 13.4. The van der Waals surface area contributed by atoms with E-state index in [4.69, 9.17) is 14.2 Å². The van der Waals surface area contributed by atoms with E-state index < -0.39 is 0 Å². The number of fused-ring (bicyclic) bond motifs is 1. The molecule has 1 saturated heterocycles. The second-order valence-electron chi connectivity index (χ2n) is 8.46. The number of hydrogen-bond donors (Lipinski definition) is 0. The molecule has 1 amide bonds. The van der Waals surface area contributed by atoms with Crippen LogP contribution in [-0.4, -0.2) is 66.7 Å². The summed E-state index contributed by atoms with van der Waals surface area (Å²) in [7, 11) is 1.52. The van der Waals surface area contributed by atoms with Crippen molar-refractivity contribution in [2.75, 3.05) is 40.0 Å². The van der Waals surface area contributed by atoms with Crippen LogP contribution in [0, 0.1) is 0 Å². The van der Waals surface area contributed by atoms with E-state index in [0.29, 0.717) is 60.1 Å². The third-order valence-electron chi connectivity index (χ3n) is 5.63. The maximum Gasteiger partial charge on any atom is 0.282 e. The Kier molecular flexibility index (Phi) is 8.43. The van der Waals surface area contributed by atoms with E-state index in [0.717, 1.165) is 8.95 Å². The minimum atomic E-state index is -0.284. The molecule has 1 aliphatic rings. The lowest BCUT2D eigenvalue weighted by atomic mass is 10.2. The molecule has 190 valence electrons. The van der Waals surface area contributed by atoms with Gasteiger partial charge in [0.15, 0.2) is 18.1 Å². The Morgan fingerprint density at radius 1 is 1.19 bits per heavy atom. The van der Waals surface area contributed by atoms with E-state index in [1.165, 1.54) is 18.0 Å². The molecule has 36 heavy (non-hydrogen) atoms. The van der Waals surface area contributed by atoms with Gasteiger partial charge in [-0.3, -0.25) is 9.59 Å². The number of carbonyl (C=O) groups excluding carboxylic acids is 1. The predicted molar refractivity (Wildman–Crippen MR) is 144 cm³/mol. The van der Waals surface area contributed by atoms with Crippen molar-refractivity contribution < 1.29 is 19.0 Å². The van der Waals surface area contributed by atoms with Crippen LogP contribution in [0.4, 0.5) is 0 Å². The lowest BCUT2D eigenvalue weighted by Crippen LogP contribution is -2.43. The van der Waals surface area contributed by atoms with Gasteiger partial charge in [0, 0.05) is 33.5 Å². The first kappa shape index (κ1) is 26.3. The molecule has 2 aromatic carbocycles. The lowest BCUT2D eigenvalue weighted by molar-refractivity contribution is -0.137. The topological polar surface area (TPSA) is 95.2 Å². The van der Waals surface area contributed by atoms with E-state index in [2.05, 4.69) is 41.9 Å². The molecule has 0 atom stereocenters. The number of benzene rings is 2. The molecule has 3 aromatic rings. The fraction of sp³-hybridized carbons (Fsp3) is 0.360. The smallest absolute Gasteiger partial charge is 0.282 e. The summed E-state index contributed by atoms with van der Waals surface area (Å²) < 4.78 is 19.6. The van der Waals surface area contributed by atoms with Gasteiger partial charge in [-0.2, -0.15) is 9.78 Å². The average Bonchev–Trinajstić information content (AvgIpc) is 2.87. The number of ether oxygens (including phenoxy) is 3. The molecule has 0 bridgehead atoms. The Morgan fingerprint density at radius 3 is 2.64 bits per heavy atom. The van der Waals surface area contributed by atoms with Gasteiger partial charge in [-0.15, -0.1) is 0 Å². The largest absolute Gasteiger partial charge is 0.493 e. The van der Waals surface area contributed by atoms with Crippen LogP contribution in [0.25, 0.3) is 10.9 Å². The summed E-state index contributed by atoms with van der Waals surface area (Å²) in [5.74, 6) is 1.10. The van der Waals surface area contributed by atoms with Gasteiger partial charge in [-0.1, -0.05) is 45.7 Å².